The van der Waals surface area contributed by atoms with E-state index in [1.54, 1.807) is 12.1 Å². The highest BCUT2D eigenvalue weighted by molar-refractivity contribution is 5.96. The van der Waals surface area contributed by atoms with Gasteiger partial charge in [0.25, 0.3) is 5.91 Å². The monoisotopic (exact) mass is 318 g/mol. The molecule has 0 spiro atoms. The Morgan fingerprint density at radius 1 is 1.30 bits per heavy atom. The summed E-state index contributed by atoms with van der Waals surface area (Å²) >= 11 is 0. The van der Waals surface area contributed by atoms with Crippen LogP contribution in [0.1, 0.15) is 42.6 Å². The molecule has 1 aromatic carbocycles. The van der Waals surface area contributed by atoms with E-state index in [0.717, 1.165) is 31.5 Å². The van der Waals surface area contributed by atoms with Gasteiger partial charge in [-0.3, -0.25) is 9.59 Å². The first-order valence-corrected chi connectivity index (χ1v) is 8.16. The second-order valence-electron chi connectivity index (χ2n) is 6.65. The van der Waals surface area contributed by atoms with Gasteiger partial charge in [-0.25, -0.2) is 0 Å². The van der Waals surface area contributed by atoms with Gasteiger partial charge in [0, 0.05) is 11.5 Å². The molecule has 1 saturated heterocycles. The summed E-state index contributed by atoms with van der Waals surface area (Å²) in [5.41, 5.74) is 1.05. The number of amides is 1. The lowest BCUT2D eigenvalue weighted by Crippen LogP contribution is -2.44. The van der Waals surface area contributed by atoms with Gasteiger partial charge in [0.1, 0.15) is 12.1 Å². The standard InChI is InChI=1S/C18H26N2O3/c1-13-5-4-6-14(11-13)17(22)20-12-16(21)23-18(2,3)15-7-9-19-10-8-15/h4-6,11,15,19H,7-10,12H2,1-3H3,(H,20,22). The van der Waals surface area contributed by atoms with E-state index in [4.69, 9.17) is 4.74 Å². The number of carbonyl (C=O) groups is 2. The van der Waals surface area contributed by atoms with Gasteiger partial charge in [-0.2, -0.15) is 0 Å². The molecule has 0 aliphatic carbocycles. The van der Waals surface area contributed by atoms with Gasteiger partial charge < -0.3 is 15.4 Å². The minimum absolute atomic E-state index is 0.110. The van der Waals surface area contributed by atoms with Gasteiger partial charge in [-0.1, -0.05) is 17.7 Å². The van der Waals surface area contributed by atoms with Crippen LogP contribution >= 0.6 is 0 Å². The zero-order valence-corrected chi connectivity index (χ0v) is 14.1. The van der Waals surface area contributed by atoms with Gasteiger partial charge >= 0.3 is 5.97 Å². The Labute approximate surface area is 137 Å². The molecular weight excluding hydrogens is 292 g/mol. The number of aryl methyl sites for hydroxylation is 1. The van der Waals surface area contributed by atoms with Gasteiger partial charge in [0.05, 0.1) is 0 Å². The van der Waals surface area contributed by atoms with E-state index in [1.807, 2.05) is 32.9 Å². The average molecular weight is 318 g/mol. The summed E-state index contributed by atoms with van der Waals surface area (Å²) in [6.07, 6.45) is 1.99. The molecule has 2 N–H and O–H groups in total. The molecular formula is C18H26N2O3. The van der Waals surface area contributed by atoms with Crippen LogP contribution in [0.5, 0.6) is 0 Å². The third-order valence-corrected chi connectivity index (χ3v) is 4.37. The number of ether oxygens (including phenoxy) is 1. The molecule has 0 radical (unpaired) electrons. The maximum absolute atomic E-state index is 12.1. The van der Waals surface area contributed by atoms with Crippen molar-refractivity contribution < 1.29 is 14.3 Å². The van der Waals surface area contributed by atoms with Crippen molar-refractivity contribution in [2.45, 2.75) is 39.2 Å². The fraction of sp³-hybridized carbons (Fsp3) is 0.556. The van der Waals surface area contributed by atoms with Crippen LogP contribution in [0.2, 0.25) is 0 Å². The number of benzene rings is 1. The topological polar surface area (TPSA) is 67.4 Å². The molecule has 5 nitrogen and oxygen atoms in total. The van der Waals surface area contributed by atoms with Crippen LogP contribution in [0.4, 0.5) is 0 Å². The smallest absolute Gasteiger partial charge is 0.325 e. The Hall–Kier alpha value is -1.88. The lowest BCUT2D eigenvalue weighted by molar-refractivity contribution is -0.161. The van der Waals surface area contributed by atoms with Crippen molar-refractivity contribution in [3.05, 3.63) is 35.4 Å². The second kappa shape index (κ2) is 7.59. The SMILES string of the molecule is Cc1cccc(C(=O)NCC(=O)OC(C)(C)C2CCNCC2)c1. The van der Waals surface area contributed by atoms with Crippen molar-refractivity contribution in [1.29, 1.82) is 0 Å². The third kappa shape index (κ3) is 5.06. The molecule has 1 aliphatic heterocycles. The Balaban J connectivity index is 1.83. The highest BCUT2D eigenvalue weighted by atomic mass is 16.6. The number of rotatable bonds is 5. The van der Waals surface area contributed by atoms with Crippen molar-refractivity contribution in [2.75, 3.05) is 19.6 Å². The molecule has 0 bridgehead atoms. The molecule has 126 valence electrons. The number of esters is 1. The minimum Gasteiger partial charge on any atom is -0.458 e. The summed E-state index contributed by atoms with van der Waals surface area (Å²) in [6.45, 7) is 7.62. The van der Waals surface area contributed by atoms with Crippen molar-refractivity contribution >= 4 is 11.9 Å². The maximum Gasteiger partial charge on any atom is 0.325 e. The van der Waals surface area contributed by atoms with Crippen LogP contribution in [0.25, 0.3) is 0 Å². The van der Waals surface area contributed by atoms with Crippen molar-refractivity contribution in [2.24, 2.45) is 5.92 Å². The average Bonchev–Trinajstić information content (AvgIpc) is 2.53. The van der Waals surface area contributed by atoms with Crippen LogP contribution in [0.15, 0.2) is 24.3 Å². The van der Waals surface area contributed by atoms with Gasteiger partial charge in [-0.05, 0) is 58.8 Å². The molecule has 1 heterocycles. The number of nitrogens with one attached hydrogen (secondary N) is 2. The molecule has 0 saturated carbocycles. The van der Waals surface area contributed by atoms with E-state index >= 15 is 0 Å². The quantitative estimate of drug-likeness (QED) is 0.815. The van der Waals surface area contributed by atoms with Gasteiger partial charge in [-0.15, -0.1) is 0 Å². The minimum atomic E-state index is -0.507. The Bertz CT molecular complexity index is 563. The number of hydrogen-bond acceptors (Lipinski definition) is 4. The highest BCUT2D eigenvalue weighted by Gasteiger charge is 2.34. The van der Waals surface area contributed by atoms with E-state index in [-0.39, 0.29) is 12.5 Å². The Kier molecular flexibility index (Phi) is 5.77. The van der Waals surface area contributed by atoms with Gasteiger partial charge in [0.2, 0.25) is 0 Å². The van der Waals surface area contributed by atoms with Crippen LogP contribution in [-0.2, 0) is 9.53 Å². The van der Waals surface area contributed by atoms with Crippen LogP contribution in [0, 0.1) is 12.8 Å². The Morgan fingerprint density at radius 2 is 2.00 bits per heavy atom. The number of hydrogen-bond donors (Lipinski definition) is 2. The molecule has 0 aromatic heterocycles. The lowest BCUT2D eigenvalue weighted by Gasteiger charge is -2.36. The van der Waals surface area contributed by atoms with Crippen molar-refractivity contribution in [3.63, 3.8) is 0 Å². The zero-order valence-electron chi connectivity index (χ0n) is 14.1. The van der Waals surface area contributed by atoms with E-state index in [1.165, 1.54) is 0 Å². The molecule has 2 rings (SSSR count). The van der Waals surface area contributed by atoms with Crippen LogP contribution in [-0.4, -0.2) is 37.1 Å². The summed E-state index contributed by atoms with van der Waals surface area (Å²) in [5.74, 6) is -0.306. The fourth-order valence-electron chi connectivity index (χ4n) is 2.97. The summed E-state index contributed by atoms with van der Waals surface area (Å²) in [7, 11) is 0. The normalized spacial score (nSPS) is 16.0. The largest absolute Gasteiger partial charge is 0.458 e. The predicted octanol–water partition coefficient (Wildman–Crippen LogP) is 2.05. The first kappa shape index (κ1) is 17.5. The molecule has 5 heteroatoms. The molecule has 1 fully saturated rings. The van der Waals surface area contributed by atoms with Crippen molar-refractivity contribution in [1.82, 2.24) is 10.6 Å². The van der Waals surface area contributed by atoms with Crippen molar-refractivity contribution in [3.8, 4) is 0 Å². The van der Waals surface area contributed by atoms with Gasteiger partial charge in [0.15, 0.2) is 0 Å². The molecule has 1 aromatic rings. The van der Waals surface area contributed by atoms with Crippen LogP contribution in [0.3, 0.4) is 0 Å². The molecule has 1 amide bonds. The molecule has 0 atom stereocenters. The summed E-state index contributed by atoms with van der Waals surface area (Å²) in [6, 6.07) is 7.27. The highest BCUT2D eigenvalue weighted by Crippen LogP contribution is 2.28. The lowest BCUT2D eigenvalue weighted by atomic mass is 9.83. The number of piperidine rings is 1. The predicted molar refractivity (Wildman–Crippen MR) is 89.3 cm³/mol. The summed E-state index contributed by atoms with van der Waals surface area (Å²) in [4.78, 5) is 24.1. The summed E-state index contributed by atoms with van der Waals surface area (Å²) < 4.78 is 5.61. The molecule has 0 unspecified atom stereocenters. The number of carbonyl (C=O) groups excluding carboxylic acids is 2. The first-order chi connectivity index (χ1) is 10.9. The zero-order chi connectivity index (χ0) is 16.9. The molecule has 23 heavy (non-hydrogen) atoms. The second-order valence-corrected chi connectivity index (χ2v) is 6.65. The first-order valence-electron chi connectivity index (χ1n) is 8.16. The summed E-state index contributed by atoms with van der Waals surface area (Å²) in [5, 5.41) is 5.93. The van der Waals surface area contributed by atoms with E-state index in [2.05, 4.69) is 10.6 Å². The molecule has 1 aliphatic rings. The van der Waals surface area contributed by atoms with E-state index in [9.17, 15) is 9.59 Å². The van der Waals surface area contributed by atoms with Crippen LogP contribution < -0.4 is 10.6 Å². The van der Waals surface area contributed by atoms with E-state index in [0.29, 0.717) is 11.5 Å². The third-order valence-electron chi connectivity index (χ3n) is 4.37. The maximum atomic E-state index is 12.1. The van der Waals surface area contributed by atoms with E-state index < -0.39 is 11.6 Å². The Morgan fingerprint density at radius 3 is 2.65 bits per heavy atom. The fourth-order valence-corrected chi connectivity index (χ4v) is 2.97.